The van der Waals surface area contributed by atoms with Crippen molar-refractivity contribution < 1.29 is 13.6 Å². The molecule has 1 aliphatic heterocycles. The summed E-state index contributed by atoms with van der Waals surface area (Å²) in [5, 5.41) is 0. The van der Waals surface area contributed by atoms with Crippen LogP contribution in [-0.2, 0) is 0 Å². The van der Waals surface area contributed by atoms with E-state index < -0.39 is 17.7 Å². The van der Waals surface area contributed by atoms with Gasteiger partial charge in [0, 0.05) is 12.4 Å². The second kappa shape index (κ2) is 3.80. The Balaban J connectivity index is 2.28. The van der Waals surface area contributed by atoms with Gasteiger partial charge in [-0.15, -0.1) is 0 Å². The molecule has 1 aliphatic rings. The second-order valence-electron chi connectivity index (χ2n) is 3.29. The molecule has 2 N–H and O–H groups in total. The number of hydrogen-bond donors (Lipinski definition) is 1. The van der Waals surface area contributed by atoms with Crippen LogP contribution in [0, 0.1) is 11.6 Å². The van der Waals surface area contributed by atoms with Gasteiger partial charge in [-0.2, -0.15) is 0 Å². The van der Waals surface area contributed by atoms with E-state index in [-0.39, 0.29) is 12.4 Å². The molecule has 4 nitrogen and oxygen atoms in total. The fourth-order valence-electron chi connectivity index (χ4n) is 1.47. The Morgan fingerprint density at radius 1 is 1.25 bits per heavy atom. The molecule has 0 fully saturated rings. The average molecular weight is 225 g/mol. The maximum absolute atomic E-state index is 13.4. The van der Waals surface area contributed by atoms with Crippen LogP contribution >= 0.6 is 0 Å². The number of benzene rings is 1. The molecule has 0 bridgehead atoms. The summed E-state index contributed by atoms with van der Waals surface area (Å²) in [4.78, 5) is 13.2. The molecule has 0 radical (unpaired) electrons. The van der Waals surface area contributed by atoms with E-state index >= 15 is 0 Å². The fourth-order valence-corrected chi connectivity index (χ4v) is 1.47. The Morgan fingerprint density at radius 3 is 2.38 bits per heavy atom. The molecule has 16 heavy (non-hydrogen) atoms. The molecule has 1 aromatic carbocycles. The topological polar surface area (TPSA) is 49.6 Å². The van der Waals surface area contributed by atoms with Crippen LogP contribution in [0.5, 0.6) is 0 Å². The lowest BCUT2D eigenvalue weighted by Crippen LogP contribution is -2.34. The van der Waals surface area contributed by atoms with Crippen LogP contribution in [0.2, 0.25) is 0 Å². The summed E-state index contributed by atoms with van der Waals surface area (Å²) in [7, 11) is 0. The van der Waals surface area contributed by atoms with Crippen LogP contribution in [0.3, 0.4) is 0 Å². The molecular formula is C10H9F2N3O. The van der Waals surface area contributed by atoms with Crippen LogP contribution < -0.4 is 10.6 Å². The molecule has 0 atom stereocenters. The standard InChI is InChI=1S/C10H9F2N3O/c11-7-2-1-3-8(12)9(7)14-4-5-15(6-14)10(13)16/h1-5H,6H2,(H2,13,16). The molecule has 1 heterocycles. The lowest BCUT2D eigenvalue weighted by atomic mass is 10.3. The van der Waals surface area contributed by atoms with Gasteiger partial charge in [-0.1, -0.05) is 6.07 Å². The van der Waals surface area contributed by atoms with E-state index in [0.29, 0.717) is 0 Å². The van der Waals surface area contributed by atoms with Crippen molar-refractivity contribution in [2.75, 3.05) is 11.6 Å². The summed E-state index contributed by atoms with van der Waals surface area (Å²) in [6, 6.07) is 2.91. The summed E-state index contributed by atoms with van der Waals surface area (Å²) in [5.74, 6) is -1.37. The number of hydrogen-bond acceptors (Lipinski definition) is 2. The van der Waals surface area contributed by atoms with E-state index in [2.05, 4.69) is 0 Å². The number of carbonyl (C=O) groups excluding carboxylic acids is 1. The van der Waals surface area contributed by atoms with Gasteiger partial charge in [-0.05, 0) is 12.1 Å². The van der Waals surface area contributed by atoms with Gasteiger partial charge < -0.3 is 10.6 Å². The predicted octanol–water partition coefficient (Wildman–Crippen LogP) is 1.59. The highest BCUT2D eigenvalue weighted by molar-refractivity contribution is 5.74. The Morgan fingerprint density at radius 2 is 1.88 bits per heavy atom. The summed E-state index contributed by atoms with van der Waals surface area (Å²) in [6.07, 6.45) is 2.76. The molecule has 0 aromatic heterocycles. The molecule has 0 saturated heterocycles. The summed E-state index contributed by atoms with van der Waals surface area (Å²) >= 11 is 0. The van der Waals surface area contributed by atoms with Crippen molar-refractivity contribution in [3.05, 3.63) is 42.2 Å². The number of amides is 2. The van der Waals surface area contributed by atoms with Crippen molar-refractivity contribution >= 4 is 11.7 Å². The first-order valence-electron chi connectivity index (χ1n) is 4.54. The zero-order valence-corrected chi connectivity index (χ0v) is 8.23. The number of primary amides is 1. The Bertz CT molecular complexity index is 441. The van der Waals surface area contributed by atoms with Crippen LogP contribution in [0.4, 0.5) is 19.3 Å². The molecule has 0 spiro atoms. The number of halogens is 2. The lowest BCUT2D eigenvalue weighted by Gasteiger charge is -2.19. The second-order valence-corrected chi connectivity index (χ2v) is 3.29. The van der Waals surface area contributed by atoms with E-state index in [1.807, 2.05) is 0 Å². The predicted molar refractivity (Wildman–Crippen MR) is 54.3 cm³/mol. The maximum atomic E-state index is 13.4. The Kier molecular flexibility index (Phi) is 2.47. The van der Waals surface area contributed by atoms with E-state index in [4.69, 9.17) is 5.73 Å². The first kappa shape index (κ1) is 10.4. The SMILES string of the molecule is NC(=O)N1C=CN(c2c(F)cccc2F)C1. The Labute approximate surface area is 90.5 Å². The first-order chi connectivity index (χ1) is 7.59. The van der Waals surface area contributed by atoms with Gasteiger partial charge in [0.15, 0.2) is 0 Å². The average Bonchev–Trinajstić information content (AvgIpc) is 2.66. The van der Waals surface area contributed by atoms with Crippen LogP contribution in [0.25, 0.3) is 0 Å². The van der Waals surface area contributed by atoms with Crippen LogP contribution in [0.1, 0.15) is 0 Å². The monoisotopic (exact) mass is 225 g/mol. The van der Waals surface area contributed by atoms with Crippen molar-refractivity contribution in [3.8, 4) is 0 Å². The zero-order chi connectivity index (χ0) is 11.7. The summed E-state index contributed by atoms with van der Waals surface area (Å²) in [6.45, 7) is 0.00713. The smallest absolute Gasteiger partial charge is 0.320 e. The van der Waals surface area contributed by atoms with Crippen molar-refractivity contribution in [1.29, 1.82) is 0 Å². The molecule has 6 heteroatoms. The van der Waals surface area contributed by atoms with Gasteiger partial charge in [-0.25, -0.2) is 13.6 Å². The maximum Gasteiger partial charge on any atom is 0.320 e. The van der Waals surface area contributed by atoms with Crippen molar-refractivity contribution in [2.24, 2.45) is 5.73 Å². The van der Waals surface area contributed by atoms with Gasteiger partial charge in [0.25, 0.3) is 0 Å². The van der Waals surface area contributed by atoms with Crippen molar-refractivity contribution in [3.63, 3.8) is 0 Å². The van der Waals surface area contributed by atoms with E-state index in [0.717, 1.165) is 17.0 Å². The van der Waals surface area contributed by atoms with Gasteiger partial charge in [-0.3, -0.25) is 4.90 Å². The molecule has 0 saturated carbocycles. The van der Waals surface area contributed by atoms with E-state index in [1.165, 1.54) is 23.4 Å². The molecule has 1 aromatic rings. The summed E-state index contributed by atoms with van der Waals surface area (Å²) < 4.78 is 26.8. The first-order valence-corrected chi connectivity index (χ1v) is 4.54. The minimum absolute atomic E-state index is 0.00713. The number of nitrogens with two attached hydrogens (primary N) is 1. The number of urea groups is 1. The van der Waals surface area contributed by atoms with Gasteiger partial charge in [0.1, 0.15) is 24.0 Å². The molecular weight excluding hydrogens is 216 g/mol. The number of nitrogens with zero attached hydrogens (tertiary/aromatic N) is 2. The van der Waals surface area contributed by atoms with E-state index in [1.54, 1.807) is 0 Å². The highest BCUT2D eigenvalue weighted by Crippen LogP contribution is 2.25. The third-order valence-corrected chi connectivity index (χ3v) is 2.24. The zero-order valence-electron chi connectivity index (χ0n) is 8.23. The van der Waals surface area contributed by atoms with Gasteiger partial charge in [0.05, 0.1) is 0 Å². The normalized spacial score (nSPS) is 14.6. The molecule has 2 amide bonds. The minimum Gasteiger partial charge on any atom is -0.351 e. The van der Waals surface area contributed by atoms with Crippen molar-refractivity contribution in [2.45, 2.75) is 0 Å². The highest BCUT2D eigenvalue weighted by Gasteiger charge is 2.22. The third-order valence-electron chi connectivity index (χ3n) is 2.24. The molecule has 2 rings (SSSR count). The van der Waals surface area contributed by atoms with E-state index in [9.17, 15) is 13.6 Å². The largest absolute Gasteiger partial charge is 0.351 e. The number of para-hydroxylation sites is 1. The minimum atomic E-state index is -0.684. The quantitative estimate of drug-likeness (QED) is 0.789. The number of anilines is 1. The Hall–Kier alpha value is -2.11. The molecule has 0 aliphatic carbocycles. The van der Waals surface area contributed by atoms with Crippen LogP contribution in [-0.4, -0.2) is 17.6 Å². The van der Waals surface area contributed by atoms with Gasteiger partial charge in [0.2, 0.25) is 0 Å². The lowest BCUT2D eigenvalue weighted by molar-refractivity contribution is 0.227. The third kappa shape index (κ3) is 1.69. The number of rotatable bonds is 1. The van der Waals surface area contributed by atoms with Crippen LogP contribution in [0.15, 0.2) is 30.6 Å². The van der Waals surface area contributed by atoms with Gasteiger partial charge >= 0.3 is 6.03 Å². The molecule has 84 valence electrons. The number of carbonyl (C=O) groups is 1. The highest BCUT2D eigenvalue weighted by atomic mass is 19.1. The van der Waals surface area contributed by atoms with Crippen molar-refractivity contribution in [1.82, 2.24) is 4.90 Å². The fraction of sp³-hybridized carbons (Fsp3) is 0.100. The summed E-state index contributed by atoms with van der Waals surface area (Å²) in [5.41, 5.74) is 4.84. The molecule has 0 unspecified atom stereocenters.